The third kappa shape index (κ3) is 6.06. The van der Waals surface area contributed by atoms with E-state index in [1.54, 1.807) is 17.8 Å². The van der Waals surface area contributed by atoms with E-state index in [1.165, 1.54) is 12.1 Å². The molecule has 3 aromatic rings. The monoisotopic (exact) mass is 472 g/mol. The minimum absolute atomic E-state index is 0.584. The average molecular weight is 473 g/mol. The normalized spacial score (nSPS) is 15.0. The van der Waals surface area contributed by atoms with E-state index >= 15 is 0 Å². The van der Waals surface area contributed by atoms with Crippen molar-refractivity contribution in [2.75, 3.05) is 25.4 Å². The molecule has 0 unspecified atom stereocenters. The molecular formula is C25H27F3N4S. The van der Waals surface area contributed by atoms with Crippen molar-refractivity contribution in [3.05, 3.63) is 71.8 Å². The number of rotatable bonds is 8. The van der Waals surface area contributed by atoms with Crippen LogP contribution in [-0.4, -0.2) is 45.1 Å². The van der Waals surface area contributed by atoms with Crippen molar-refractivity contribution in [3.8, 4) is 11.4 Å². The van der Waals surface area contributed by atoms with Gasteiger partial charge in [-0.25, -0.2) is 0 Å². The van der Waals surface area contributed by atoms with Gasteiger partial charge in [0.05, 0.1) is 5.56 Å². The summed E-state index contributed by atoms with van der Waals surface area (Å²) in [6.45, 7) is 2.64. The first-order valence-electron chi connectivity index (χ1n) is 11.1. The van der Waals surface area contributed by atoms with Gasteiger partial charge in [-0.05, 0) is 49.1 Å². The van der Waals surface area contributed by atoms with Crippen LogP contribution in [0.5, 0.6) is 0 Å². The second-order valence-electron chi connectivity index (χ2n) is 8.15. The molecule has 0 N–H and O–H groups in total. The topological polar surface area (TPSA) is 34.0 Å². The lowest BCUT2D eigenvalue weighted by molar-refractivity contribution is -0.137. The molecule has 0 saturated heterocycles. The van der Waals surface area contributed by atoms with Gasteiger partial charge >= 0.3 is 6.18 Å². The van der Waals surface area contributed by atoms with Crippen LogP contribution in [0, 0.1) is 0 Å². The third-order valence-corrected chi connectivity index (χ3v) is 6.93. The van der Waals surface area contributed by atoms with Crippen molar-refractivity contribution in [1.82, 2.24) is 19.7 Å². The molecule has 33 heavy (non-hydrogen) atoms. The molecule has 8 heteroatoms. The van der Waals surface area contributed by atoms with Crippen LogP contribution in [0.2, 0.25) is 0 Å². The number of alkyl halides is 3. The molecule has 1 aromatic heterocycles. The maximum absolute atomic E-state index is 13.0. The molecule has 1 aliphatic heterocycles. The average Bonchev–Trinajstić information content (AvgIpc) is 3.19. The second-order valence-corrected chi connectivity index (χ2v) is 9.21. The van der Waals surface area contributed by atoms with Crippen molar-refractivity contribution in [1.29, 1.82) is 0 Å². The fourth-order valence-electron chi connectivity index (χ4n) is 3.95. The summed E-state index contributed by atoms with van der Waals surface area (Å²) >= 11 is 1.72. The van der Waals surface area contributed by atoms with E-state index in [1.807, 2.05) is 41.9 Å². The minimum Gasteiger partial charge on any atom is -0.305 e. The summed E-state index contributed by atoms with van der Waals surface area (Å²) in [4.78, 5) is 2.36. The Morgan fingerprint density at radius 1 is 0.970 bits per heavy atom. The van der Waals surface area contributed by atoms with Crippen molar-refractivity contribution in [2.24, 2.45) is 7.05 Å². The first-order valence-corrected chi connectivity index (χ1v) is 12.1. The number of unbranched alkanes of at least 4 members (excludes halogenated alkanes) is 1. The van der Waals surface area contributed by atoms with Crippen LogP contribution >= 0.6 is 11.8 Å². The van der Waals surface area contributed by atoms with Crippen LogP contribution in [0.1, 0.15) is 30.4 Å². The van der Waals surface area contributed by atoms with Gasteiger partial charge in [0.2, 0.25) is 0 Å². The summed E-state index contributed by atoms with van der Waals surface area (Å²) in [7, 11) is 1.99. The molecule has 4 rings (SSSR count). The Bertz CT molecular complexity index is 1090. The van der Waals surface area contributed by atoms with Crippen molar-refractivity contribution in [3.63, 3.8) is 0 Å². The highest BCUT2D eigenvalue weighted by molar-refractivity contribution is 7.99. The van der Waals surface area contributed by atoms with Crippen LogP contribution in [0.25, 0.3) is 17.0 Å². The summed E-state index contributed by atoms with van der Waals surface area (Å²) in [6.07, 6.45) is 0.682. The number of hydrogen-bond acceptors (Lipinski definition) is 4. The molecule has 0 fully saturated rings. The molecule has 4 nitrogen and oxygen atoms in total. The SMILES string of the molecule is Cn1c(SCCCCN2CC=C(c3cccc(C(F)(F)F)c3)CC2)nnc1-c1ccccc1. The Morgan fingerprint density at radius 3 is 2.48 bits per heavy atom. The zero-order valence-corrected chi connectivity index (χ0v) is 19.4. The van der Waals surface area contributed by atoms with Crippen molar-refractivity contribution < 1.29 is 13.2 Å². The zero-order valence-electron chi connectivity index (χ0n) is 18.6. The highest BCUT2D eigenvalue weighted by Crippen LogP contribution is 2.32. The number of nitrogens with zero attached hydrogens (tertiary/aromatic N) is 4. The van der Waals surface area contributed by atoms with Gasteiger partial charge in [-0.15, -0.1) is 10.2 Å². The molecular weight excluding hydrogens is 445 g/mol. The van der Waals surface area contributed by atoms with Crippen LogP contribution in [0.15, 0.2) is 65.8 Å². The van der Waals surface area contributed by atoms with Gasteiger partial charge in [-0.2, -0.15) is 13.2 Å². The number of aromatic nitrogens is 3. The first-order chi connectivity index (χ1) is 15.9. The Hall–Kier alpha value is -2.58. The Balaban J connectivity index is 1.21. The zero-order chi connectivity index (χ0) is 23.3. The summed E-state index contributed by atoms with van der Waals surface area (Å²) < 4.78 is 40.9. The van der Waals surface area contributed by atoms with E-state index in [4.69, 9.17) is 0 Å². The van der Waals surface area contributed by atoms with E-state index in [-0.39, 0.29) is 0 Å². The van der Waals surface area contributed by atoms with Crippen LogP contribution in [0.3, 0.4) is 0 Å². The Kier molecular flexibility index (Phi) is 7.55. The fraction of sp³-hybridized carbons (Fsp3) is 0.360. The molecule has 2 aromatic carbocycles. The summed E-state index contributed by atoms with van der Waals surface area (Å²) in [5, 5.41) is 9.57. The molecule has 2 heterocycles. The highest BCUT2D eigenvalue weighted by Gasteiger charge is 2.30. The number of benzene rings is 2. The molecule has 0 spiro atoms. The maximum atomic E-state index is 13.0. The Labute approximate surface area is 196 Å². The van der Waals surface area contributed by atoms with E-state index < -0.39 is 11.7 Å². The van der Waals surface area contributed by atoms with E-state index in [9.17, 15) is 13.2 Å². The van der Waals surface area contributed by atoms with Gasteiger partial charge in [-0.1, -0.05) is 60.3 Å². The Morgan fingerprint density at radius 2 is 1.76 bits per heavy atom. The van der Waals surface area contributed by atoms with Gasteiger partial charge in [0, 0.05) is 31.5 Å². The lowest BCUT2D eigenvalue weighted by atomic mass is 9.97. The molecule has 1 aliphatic rings. The lowest BCUT2D eigenvalue weighted by Crippen LogP contribution is -2.29. The smallest absolute Gasteiger partial charge is 0.305 e. The molecule has 0 radical (unpaired) electrons. The van der Waals surface area contributed by atoms with Crippen LogP contribution < -0.4 is 0 Å². The summed E-state index contributed by atoms with van der Waals surface area (Å²) in [5.74, 6) is 1.84. The van der Waals surface area contributed by atoms with Gasteiger partial charge < -0.3 is 4.57 Å². The van der Waals surface area contributed by atoms with Crippen molar-refractivity contribution in [2.45, 2.75) is 30.6 Å². The number of halogens is 3. The molecule has 174 valence electrons. The first kappa shape index (κ1) is 23.6. The second kappa shape index (κ2) is 10.6. The molecule has 0 atom stereocenters. The quantitative estimate of drug-likeness (QED) is 0.290. The van der Waals surface area contributed by atoms with Crippen molar-refractivity contribution >= 4 is 17.3 Å². The summed E-state index contributed by atoms with van der Waals surface area (Å²) in [6, 6.07) is 15.7. The van der Waals surface area contributed by atoms with E-state index in [2.05, 4.69) is 21.2 Å². The maximum Gasteiger partial charge on any atom is 0.416 e. The standard InChI is InChI=1S/C25H27F3N4S/c1-31-23(20-8-3-2-4-9-20)29-30-24(31)33-17-6-5-14-32-15-12-19(13-16-32)21-10-7-11-22(18-21)25(26,27)28/h2-4,7-12,18H,5-6,13-17H2,1H3. The molecule has 0 saturated carbocycles. The molecule has 0 amide bonds. The van der Waals surface area contributed by atoms with Gasteiger partial charge in [0.25, 0.3) is 0 Å². The number of hydrogen-bond donors (Lipinski definition) is 0. The predicted octanol–water partition coefficient (Wildman–Crippen LogP) is 6.16. The molecule has 0 bridgehead atoms. The minimum atomic E-state index is -4.30. The number of thioether (sulfide) groups is 1. The third-order valence-electron chi connectivity index (χ3n) is 5.82. The van der Waals surface area contributed by atoms with E-state index in [0.717, 1.165) is 72.8 Å². The van der Waals surface area contributed by atoms with Crippen LogP contribution in [0.4, 0.5) is 13.2 Å². The summed E-state index contributed by atoms with van der Waals surface area (Å²) in [5.41, 5.74) is 2.16. The molecule has 0 aliphatic carbocycles. The fourth-order valence-corrected chi connectivity index (χ4v) is 4.86. The van der Waals surface area contributed by atoms with Gasteiger partial charge in [0.15, 0.2) is 11.0 Å². The van der Waals surface area contributed by atoms with Crippen LogP contribution in [-0.2, 0) is 13.2 Å². The largest absolute Gasteiger partial charge is 0.416 e. The lowest BCUT2D eigenvalue weighted by Gasteiger charge is -2.26. The van der Waals surface area contributed by atoms with Gasteiger partial charge in [0.1, 0.15) is 0 Å². The van der Waals surface area contributed by atoms with E-state index in [0.29, 0.717) is 5.56 Å². The highest BCUT2D eigenvalue weighted by atomic mass is 32.2. The van der Waals surface area contributed by atoms with Gasteiger partial charge in [-0.3, -0.25) is 4.90 Å². The predicted molar refractivity (Wildman–Crippen MR) is 127 cm³/mol.